The molecule has 1 aromatic carbocycles. The summed E-state index contributed by atoms with van der Waals surface area (Å²) < 4.78 is 11.4. The van der Waals surface area contributed by atoms with Crippen LogP contribution in [0, 0.1) is 5.41 Å². The number of hydrogen-bond acceptors (Lipinski definition) is 3. The zero-order chi connectivity index (χ0) is 20.3. The van der Waals surface area contributed by atoms with Crippen molar-refractivity contribution < 1.29 is 14.3 Å². The van der Waals surface area contributed by atoms with E-state index < -0.39 is 0 Å². The third-order valence-corrected chi connectivity index (χ3v) is 5.93. The van der Waals surface area contributed by atoms with Crippen LogP contribution in [-0.4, -0.2) is 25.4 Å². The Kier molecular flexibility index (Phi) is 5.84. The highest BCUT2D eigenvalue weighted by molar-refractivity contribution is 5.74. The van der Waals surface area contributed by atoms with Gasteiger partial charge >= 0.3 is 0 Å². The Balaban J connectivity index is 1.59. The Morgan fingerprint density at radius 1 is 1.14 bits per heavy atom. The Morgan fingerprint density at radius 3 is 2.55 bits per heavy atom. The van der Waals surface area contributed by atoms with Gasteiger partial charge in [0.2, 0.25) is 5.91 Å². The van der Waals surface area contributed by atoms with Gasteiger partial charge in [-0.1, -0.05) is 67.6 Å². The molecule has 0 aromatic heterocycles. The van der Waals surface area contributed by atoms with E-state index in [2.05, 4.69) is 73.0 Å². The number of allylic oxidation sites excluding steroid dienone is 6. The molecule has 2 atom stereocenters. The highest BCUT2D eigenvalue weighted by Crippen LogP contribution is 2.44. The van der Waals surface area contributed by atoms with Gasteiger partial charge in [-0.3, -0.25) is 4.79 Å². The molecule has 0 saturated carbocycles. The van der Waals surface area contributed by atoms with Crippen LogP contribution in [0.25, 0.3) is 5.57 Å². The minimum absolute atomic E-state index is 0.0294. The molecule has 29 heavy (non-hydrogen) atoms. The summed E-state index contributed by atoms with van der Waals surface area (Å²) in [6, 6.07) is 8.51. The summed E-state index contributed by atoms with van der Waals surface area (Å²) in [6.45, 7) is 5.03. The van der Waals surface area contributed by atoms with Crippen molar-refractivity contribution in [3.05, 3.63) is 77.4 Å². The van der Waals surface area contributed by atoms with Crippen LogP contribution >= 0.6 is 0 Å². The average molecular weight is 392 g/mol. The third-order valence-electron chi connectivity index (χ3n) is 5.93. The summed E-state index contributed by atoms with van der Waals surface area (Å²) in [7, 11) is 0. The summed E-state index contributed by atoms with van der Waals surface area (Å²) in [5.41, 5.74) is 4.58. The van der Waals surface area contributed by atoms with E-state index >= 15 is 0 Å². The molecule has 3 aliphatic rings. The van der Waals surface area contributed by atoms with Gasteiger partial charge in [-0.2, -0.15) is 0 Å². The molecule has 1 saturated heterocycles. The first-order valence-corrected chi connectivity index (χ1v) is 10.4. The molecular formula is C25H29NO3. The van der Waals surface area contributed by atoms with E-state index in [1.165, 1.54) is 11.1 Å². The van der Waals surface area contributed by atoms with Crippen molar-refractivity contribution in [1.82, 2.24) is 5.32 Å². The maximum absolute atomic E-state index is 12.0. The molecule has 0 bridgehead atoms. The molecule has 4 heteroatoms. The lowest BCUT2D eigenvalue weighted by atomic mass is 9.71. The van der Waals surface area contributed by atoms with E-state index in [0.717, 1.165) is 30.4 Å². The second kappa shape index (κ2) is 8.52. The van der Waals surface area contributed by atoms with Crippen LogP contribution in [0.4, 0.5) is 0 Å². The van der Waals surface area contributed by atoms with Crippen LogP contribution in [-0.2, 0) is 14.3 Å². The van der Waals surface area contributed by atoms with Gasteiger partial charge in [-0.05, 0) is 41.5 Å². The maximum Gasteiger partial charge on any atom is 0.217 e. The highest BCUT2D eigenvalue weighted by atomic mass is 16.7. The fourth-order valence-corrected chi connectivity index (χ4v) is 4.45. The monoisotopic (exact) mass is 391 g/mol. The number of ether oxygens (including phenoxy) is 2. The van der Waals surface area contributed by atoms with Gasteiger partial charge < -0.3 is 14.8 Å². The van der Waals surface area contributed by atoms with Gasteiger partial charge in [0, 0.05) is 12.3 Å². The van der Waals surface area contributed by atoms with Crippen molar-refractivity contribution in [1.29, 1.82) is 0 Å². The smallest absolute Gasteiger partial charge is 0.217 e. The highest BCUT2D eigenvalue weighted by Gasteiger charge is 2.38. The fourth-order valence-electron chi connectivity index (χ4n) is 4.45. The number of nitrogens with one attached hydrogen (secondary N) is 1. The van der Waals surface area contributed by atoms with E-state index in [4.69, 9.17) is 9.47 Å². The van der Waals surface area contributed by atoms with E-state index in [9.17, 15) is 4.79 Å². The average Bonchev–Trinajstić information content (AvgIpc) is 3.28. The Hall–Kier alpha value is -2.43. The number of hydrogen-bond donors (Lipinski definition) is 1. The van der Waals surface area contributed by atoms with E-state index in [1.807, 2.05) is 0 Å². The lowest BCUT2D eigenvalue weighted by Crippen LogP contribution is -2.39. The summed E-state index contributed by atoms with van der Waals surface area (Å²) in [4.78, 5) is 12.0. The molecule has 1 aromatic rings. The zero-order valence-electron chi connectivity index (χ0n) is 17.2. The molecular weight excluding hydrogens is 362 g/mol. The van der Waals surface area contributed by atoms with Crippen LogP contribution in [0.1, 0.15) is 50.3 Å². The van der Waals surface area contributed by atoms with Gasteiger partial charge in [0.15, 0.2) is 6.29 Å². The minimum Gasteiger partial charge on any atom is -0.349 e. The lowest BCUT2D eigenvalue weighted by molar-refractivity contribution is -0.120. The van der Waals surface area contributed by atoms with Crippen LogP contribution < -0.4 is 5.32 Å². The molecule has 0 spiro atoms. The number of benzene rings is 1. The molecule has 1 aliphatic heterocycles. The molecule has 4 nitrogen and oxygen atoms in total. The molecule has 1 N–H and O–H groups in total. The minimum atomic E-state index is -0.272. The molecule has 152 valence electrons. The molecule has 0 radical (unpaired) electrons. The van der Waals surface area contributed by atoms with Crippen LogP contribution in [0.2, 0.25) is 0 Å². The molecule has 1 heterocycles. The van der Waals surface area contributed by atoms with Crippen molar-refractivity contribution in [2.24, 2.45) is 5.41 Å². The van der Waals surface area contributed by atoms with Gasteiger partial charge in [-0.15, -0.1) is 0 Å². The van der Waals surface area contributed by atoms with Gasteiger partial charge in [0.1, 0.15) is 0 Å². The summed E-state index contributed by atoms with van der Waals surface area (Å²) in [6.07, 6.45) is 15.5. The van der Waals surface area contributed by atoms with Crippen molar-refractivity contribution >= 4 is 11.5 Å². The predicted molar refractivity (Wildman–Crippen MR) is 115 cm³/mol. The number of carbonyl (C=O) groups is 1. The van der Waals surface area contributed by atoms with Crippen LogP contribution in [0.5, 0.6) is 0 Å². The SMILES string of the molecule is CC(=O)NC(c1ccc(C2=CC=CCC2)cc1)C1(C)C=CC=C(C2OCCO2)C1. The summed E-state index contributed by atoms with van der Waals surface area (Å²) in [5.74, 6) is -0.0294. The van der Waals surface area contributed by atoms with Crippen LogP contribution in [0.15, 0.2) is 66.3 Å². The quantitative estimate of drug-likeness (QED) is 0.779. The first-order valence-electron chi connectivity index (χ1n) is 10.4. The normalized spacial score (nSPS) is 25.4. The van der Waals surface area contributed by atoms with E-state index in [-0.39, 0.29) is 23.7 Å². The number of amides is 1. The number of carbonyl (C=O) groups excluding carboxylic acids is 1. The standard InChI is InChI=1S/C25H29NO3/c1-18(27)26-23(21-12-10-20(11-13-21)19-7-4-3-5-8-19)25(2)14-6-9-22(17-25)24-28-15-16-29-24/h3-4,6-7,9-14,23-24H,5,8,15-17H2,1-2H3,(H,26,27). The Labute approximate surface area is 173 Å². The Morgan fingerprint density at radius 2 is 1.90 bits per heavy atom. The molecule has 1 amide bonds. The van der Waals surface area contributed by atoms with Gasteiger partial charge in [-0.25, -0.2) is 0 Å². The summed E-state index contributed by atoms with van der Waals surface area (Å²) >= 11 is 0. The maximum atomic E-state index is 12.0. The molecule has 1 fully saturated rings. The van der Waals surface area contributed by atoms with Crippen LogP contribution in [0.3, 0.4) is 0 Å². The molecule has 2 aliphatic carbocycles. The molecule has 2 unspecified atom stereocenters. The largest absolute Gasteiger partial charge is 0.349 e. The second-order valence-corrected chi connectivity index (χ2v) is 8.27. The van der Waals surface area contributed by atoms with E-state index in [1.54, 1.807) is 6.92 Å². The predicted octanol–water partition coefficient (Wildman–Crippen LogP) is 4.86. The second-order valence-electron chi connectivity index (χ2n) is 8.27. The van der Waals surface area contributed by atoms with Gasteiger partial charge in [0.05, 0.1) is 19.3 Å². The fraction of sp³-hybridized carbons (Fsp3) is 0.400. The zero-order valence-corrected chi connectivity index (χ0v) is 17.2. The number of rotatable bonds is 5. The van der Waals surface area contributed by atoms with Crippen molar-refractivity contribution in [2.75, 3.05) is 13.2 Å². The first kappa shape index (κ1) is 19.9. The molecule has 4 rings (SSSR count). The first-order chi connectivity index (χ1) is 14.0. The van der Waals surface area contributed by atoms with Crippen molar-refractivity contribution in [3.8, 4) is 0 Å². The van der Waals surface area contributed by atoms with E-state index in [0.29, 0.717) is 13.2 Å². The van der Waals surface area contributed by atoms with Gasteiger partial charge in [0.25, 0.3) is 0 Å². The van der Waals surface area contributed by atoms with Crippen molar-refractivity contribution in [3.63, 3.8) is 0 Å². The lowest BCUT2D eigenvalue weighted by Gasteiger charge is -2.39. The summed E-state index contributed by atoms with van der Waals surface area (Å²) in [5, 5.41) is 3.19. The van der Waals surface area contributed by atoms with Crippen molar-refractivity contribution in [2.45, 2.75) is 45.4 Å². The Bertz CT molecular complexity index is 872. The topological polar surface area (TPSA) is 47.6 Å². The third kappa shape index (κ3) is 4.44.